The van der Waals surface area contributed by atoms with Gasteiger partial charge in [0.2, 0.25) is 0 Å². The topological polar surface area (TPSA) is 13.1 Å². The number of hydrogen-bond donors (Lipinski definition) is 0. The summed E-state index contributed by atoms with van der Waals surface area (Å²) < 4.78 is 5.89. The summed E-state index contributed by atoms with van der Waals surface area (Å²) in [7, 11) is 0. The summed E-state index contributed by atoms with van der Waals surface area (Å²) in [5.74, 6) is 0. The molecule has 2 aromatic heterocycles. The smallest absolute Gasteiger partial charge is 0.0714 e. The van der Waals surface area contributed by atoms with Crippen molar-refractivity contribution in [3.05, 3.63) is 642 Å². The molecule has 0 bridgehead atoms. The lowest BCUT2D eigenvalue weighted by atomic mass is 9.67. The molecule has 0 atom stereocenters. The van der Waals surface area contributed by atoms with Crippen molar-refractivity contribution < 1.29 is 0 Å². The van der Waals surface area contributed by atoms with Crippen LogP contribution in [0.3, 0.4) is 0 Å². The van der Waals surface area contributed by atoms with E-state index in [4.69, 9.17) is 0 Å². The van der Waals surface area contributed by atoms with E-state index in [-0.39, 0.29) is 5.41 Å². The number of para-hydroxylation sites is 2. The van der Waals surface area contributed by atoms with Crippen LogP contribution in [-0.2, 0) is 17.3 Å². The molecule has 28 rings (SSSR count). The Morgan fingerprint density at radius 2 is 0.490 bits per heavy atom. The molecule has 692 valence electrons. The minimum Gasteiger partial charge on any atom is -0.310 e. The van der Waals surface area contributed by atoms with Crippen molar-refractivity contribution >= 4 is 98.1 Å². The van der Waals surface area contributed by atoms with Gasteiger partial charge in [0.1, 0.15) is 0 Å². The Balaban J connectivity index is 0.000000124. The molecule has 3 nitrogen and oxygen atoms in total. The normalized spacial score (nSPS) is 12.4. The standard InChI is InChI=1S/C71H48N2.C42H30.C30H20BrN/c1-4-17-49(18-5-1)51-33-40-60(41-34-51)73-69-30-15-13-28-65(69)66-43-37-56(47-70(66)73)54-21-16-26-61(46-54)72(59-38-35-52(36-39-59)55-32-31-50-19-10-11-20-53(50)45-55)62-42-44-64-63-27-12-14-29-67(63)71(68(64)48-62,57-22-6-2-7-23-57)58-24-8-3-9-25-58;1-3-13-36(14-4-1)42(37-15-5-2-6-16-37)40-18-10-9-17-38(40)39-26-21-31(28-41(39)42)27-30-19-22-33(23-20-30)35-25-24-32-11-7-8-12-34(32)29-35;31-25-10-6-9-23(19-25)24-15-18-28-27-11-4-5-12-29(27)32(30(28)20-24)26-16-13-22(14-17-26)21-7-2-1-3-8-21/h1-48H;1-26,28-29H,27H2;1-20H. The lowest BCUT2D eigenvalue weighted by Gasteiger charge is -2.35. The number of aromatic nitrogens is 2. The van der Waals surface area contributed by atoms with Gasteiger partial charge in [-0.05, 0) is 282 Å². The van der Waals surface area contributed by atoms with E-state index < -0.39 is 5.41 Å². The summed E-state index contributed by atoms with van der Waals surface area (Å²) in [5.41, 5.74) is 42.2. The summed E-state index contributed by atoms with van der Waals surface area (Å²) in [6, 6.07) is 213. The van der Waals surface area contributed by atoms with E-state index >= 15 is 0 Å². The number of hydrogen-bond acceptors (Lipinski definition) is 1. The summed E-state index contributed by atoms with van der Waals surface area (Å²) >= 11 is 3.61. The quantitative estimate of drug-likeness (QED) is 0.0886. The van der Waals surface area contributed by atoms with Gasteiger partial charge in [-0.1, -0.05) is 489 Å². The van der Waals surface area contributed by atoms with Crippen molar-refractivity contribution in [1.29, 1.82) is 0 Å². The van der Waals surface area contributed by atoms with Gasteiger partial charge < -0.3 is 14.0 Å². The monoisotopic (exact) mass is 1940 g/mol. The van der Waals surface area contributed by atoms with Crippen LogP contribution in [0.25, 0.3) is 166 Å². The second-order valence-electron chi connectivity index (χ2n) is 38.6. The highest BCUT2D eigenvalue weighted by molar-refractivity contribution is 9.10. The molecule has 0 saturated heterocycles. The molecule has 0 saturated carbocycles. The van der Waals surface area contributed by atoms with E-state index in [0.717, 1.165) is 44.8 Å². The molecule has 0 fully saturated rings. The van der Waals surface area contributed by atoms with E-state index in [1.165, 1.54) is 204 Å². The molecule has 0 radical (unpaired) electrons. The number of benzene rings is 24. The summed E-state index contributed by atoms with van der Waals surface area (Å²) in [6.07, 6.45) is 0.890. The van der Waals surface area contributed by atoms with Gasteiger partial charge in [-0.3, -0.25) is 0 Å². The summed E-state index contributed by atoms with van der Waals surface area (Å²) in [6.45, 7) is 0. The number of fused-ring (bicyclic) bond motifs is 14. The first-order valence-corrected chi connectivity index (χ1v) is 51.5. The van der Waals surface area contributed by atoms with E-state index in [9.17, 15) is 0 Å². The highest BCUT2D eigenvalue weighted by atomic mass is 79.9. The highest BCUT2D eigenvalue weighted by Crippen LogP contribution is 2.60. The molecule has 0 unspecified atom stereocenters. The second kappa shape index (κ2) is 38.2. The molecule has 2 aliphatic carbocycles. The molecule has 0 amide bonds. The number of nitrogens with zero attached hydrogens (tertiary/aromatic N) is 3. The molecule has 24 aromatic carbocycles. The van der Waals surface area contributed by atoms with Crippen LogP contribution in [0.4, 0.5) is 17.1 Å². The van der Waals surface area contributed by atoms with Gasteiger partial charge in [0.05, 0.1) is 32.9 Å². The Morgan fingerprint density at radius 3 is 0.966 bits per heavy atom. The van der Waals surface area contributed by atoms with Crippen LogP contribution in [0, 0.1) is 0 Å². The van der Waals surface area contributed by atoms with E-state index in [1.807, 2.05) is 0 Å². The Morgan fingerprint density at radius 1 is 0.177 bits per heavy atom. The molecule has 0 spiro atoms. The third kappa shape index (κ3) is 16.1. The van der Waals surface area contributed by atoms with Gasteiger partial charge >= 0.3 is 0 Å². The fourth-order valence-electron chi connectivity index (χ4n) is 23.4. The van der Waals surface area contributed by atoms with E-state index in [0.29, 0.717) is 0 Å². The van der Waals surface area contributed by atoms with Crippen molar-refractivity contribution in [1.82, 2.24) is 9.13 Å². The van der Waals surface area contributed by atoms with Gasteiger partial charge in [-0.2, -0.15) is 0 Å². The first-order valence-electron chi connectivity index (χ1n) is 50.7. The molecule has 2 heterocycles. The molecule has 2 aliphatic rings. The van der Waals surface area contributed by atoms with Crippen LogP contribution in [-0.4, -0.2) is 9.13 Å². The molecule has 0 N–H and O–H groups in total. The highest BCUT2D eigenvalue weighted by Gasteiger charge is 2.48. The van der Waals surface area contributed by atoms with Crippen molar-refractivity contribution in [3.8, 4) is 100 Å². The molecule has 26 aromatic rings. The first-order chi connectivity index (χ1) is 72.8. The van der Waals surface area contributed by atoms with Gasteiger partial charge in [0.15, 0.2) is 0 Å². The zero-order chi connectivity index (χ0) is 97.7. The minimum absolute atomic E-state index is 0.357. The maximum atomic E-state index is 3.61. The maximum Gasteiger partial charge on any atom is 0.0714 e. The molecule has 0 aliphatic heterocycles. The Labute approximate surface area is 865 Å². The second-order valence-corrected chi connectivity index (χ2v) is 39.5. The average Bonchev–Trinajstić information content (AvgIpc) is 1.54. The van der Waals surface area contributed by atoms with Crippen LogP contribution in [0.2, 0.25) is 0 Å². The first kappa shape index (κ1) is 88.8. The van der Waals surface area contributed by atoms with E-state index in [2.05, 4.69) is 612 Å². The predicted octanol–water partition coefficient (Wildman–Crippen LogP) is 38.1. The van der Waals surface area contributed by atoms with Crippen molar-refractivity contribution in [2.45, 2.75) is 17.3 Å². The molecular weight excluding hydrogens is 1840 g/mol. The van der Waals surface area contributed by atoms with Gasteiger partial charge in [0, 0.05) is 54.5 Å². The molecule has 4 heteroatoms. The Kier molecular flexibility index (Phi) is 23.1. The zero-order valence-electron chi connectivity index (χ0n) is 80.9. The lowest BCUT2D eigenvalue weighted by Crippen LogP contribution is -2.28. The Bertz CT molecular complexity index is 9320. The lowest BCUT2D eigenvalue weighted by molar-refractivity contribution is 0.767. The van der Waals surface area contributed by atoms with Crippen LogP contribution in [0.15, 0.2) is 587 Å². The molecule has 147 heavy (non-hydrogen) atoms. The van der Waals surface area contributed by atoms with Crippen LogP contribution in [0.5, 0.6) is 0 Å². The predicted molar refractivity (Wildman–Crippen MR) is 622 cm³/mol. The third-order valence-electron chi connectivity index (χ3n) is 30.3. The van der Waals surface area contributed by atoms with Crippen LogP contribution in [0.1, 0.15) is 55.6 Å². The zero-order valence-corrected chi connectivity index (χ0v) is 82.4. The van der Waals surface area contributed by atoms with Crippen LogP contribution >= 0.6 is 15.9 Å². The molecular formula is C143H98BrN3. The maximum absolute atomic E-state index is 3.61. The SMILES string of the molecule is Brc1cccc(-c2ccc3c4ccccc4n(-c4ccc(-c5ccccc5)cc4)c3c2)c1.c1ccc(-c2ccc(-n3c4ccccc4c4ccc(-c5cccc(N(c6ccc(-c7ccc8ccccc8c7)cc6)c6ccc7c(c6)C(c6ccccc6)(c6ccccc6)c6ccccc6-7)c5)cc43)cc2)cc1.c1ccc(C2(c3ccccc3)c3ccccc3-c3ccc(Cc4ccc(-c5ccc6ccccc6c5)cc4)cc32)cc1. The largest absolute Gasteiger partial charge is 0.310 e. The average molecular weight is 1940 g/mol. The number of anilines is 3. The fourth-order valence-corrected chi connectivity index (χ4v) is 23.8. The van der Waals surface area contributed by atoms with Crippen molar-refractivity contribution in [2.24, 2.45) is 0 Å². The van der Waals surface area contributed by atoms with Gasteiger partial charge in [0.25, 0.3) is 0 Å². The Hall–Kier alpha value is -18.3. The van der Waals surface area contributed by atoms with E-state index in [1.54, 1.807) is 0 Å². The summed E-state index contributed by atoms with van der Waals surface area (Å²) in [4.78, 5) is 2.45. The third-order valence-corrected chi connectivity index (χ3v) is 30.8. The fraction of sp³-hybridized carbons (Fsp3) is 0.0210. The minimum atomic E-state index is -0.534. The number of halogens is 1. The van der Waals surface area contributed by atoms with Gasteiger partial charge in [-0.15, -0.1) is 0 Å². The van der Waals surface area contributed by atoms with Gasteiger partial charge in [-0.25, -0.2) is 0 Å². The summed E-state index contributed by atoms with van der Waals surface area (Å²) in [5, 5.41) is 10.0. The van der Waals surface area contributed by atoms with Crippen LogP contribution < -0.4 is 4.90 Å². The van der Waals surface area contributed by atoms with Crippen molar-refractivity contribution in [3.63, 3.8) is 0 Å². The number of rotatable bonds is 17. The van der Waals surface area contributed by atoms with Crippen molar-refractivity contribution in [2.75, 3.05) is 4.90 Å².